The van der Waals surface area contributed by atoms with Gasteiger partial charge in [-0.1, -0.05) is 25.1 Å². The zero-order chi connectivity index (χ0) is 15.2. The van der Waals surface area contributed by atoms with Crippen molar-refractivity contribution in [3.05, 3.63) is 36.4 Å². The summed E-state index contributed by atoms with van der Waals surface area (Å²) in [6, 6.07) is 9.33. The van der Waals surface area contributed by atoms with Crippen LogP contribution in [0.5, 0.6) is 23.0 Å². The summed E-state index contributed by atoms with van der Waals surface area (Å²) in [5, 5.41) is 28.7. The van der Waals surface area contributed by atoms with Crippen molar-refractivity contribution in [1.29, 1.82) is 0 Å². The van der Waals surface area contributed by atoms with E-state index in [0.717, 1.165) is 17.7 Å². The molecule has 21 heavy (non-hydrogen) atoms. The summed E-state index contributed by atoms with van der Waals surface area (Å²) in [4.78, 5) is 1.41. The van der Waals surface area contributed by atoms with Crippen molar-refractivity contribution in [2.45, 2.75) is 29.6 Å². The Hall–Kier alpha value is -2.01. The molecule has 0 aliphatic rings. The summed E-state index contributed by atoms with van der Waals surface area (Å²) in [5.41, 5.74) is 0. The molecule has 4 nitrogen and oxygen atoms in total. The van der Waals surface area contributed by atoms with E-state index < -0.39 is 0 Å². The fraction of sp³-hybridized carbons (Fsp3) is 0.250. The molecule has 0 aliphatic carbocycles. The molecule has 0 aromatic heterocycles. The zero-order valence-electron chi connectivity index (χ0n) is 11.7. The first-order valence-corrected chi connectivity index (χ1v) is 7.57. The molecule has 0 saturated heterocycles. The molecule has 0 spiro atoms. The first kappa shape index (κ1) is 15.4. The van der Waals surface area contributed by atoms with Gasteiger partial charge in [-0.05, 0) is 30.7 Å². The number of phenolic OH excluding ortho intramolecular Hbond substituents is 3. The molecule has 0 amide bonds. The lowest BCUT2D eigenvalue weighted by atomic mass is 10.3. The van der Waals surface area contributed by atoms with Gasteiger partial charge in [0.05, 0.1) is 16.4 Å². The van der Waals surface area contributed by atoms with Crippen molar-refractivity contribution >= 4 is 11.8 Å². The van der Waals surface area contributed by atoms with Gasteiger partial charge >= 0.3 is 0 Å². The van der Waals surface area contributed by atoms with Crippen LogP contribution in [0.1, 0.15) is 19.8 Å². The lowest BCUT2D eigenvalue weighted by Gasteiger charge is -2.12. The highest BCUT2D eigenvalue weighted by Gasteiger charge is 2.10. The van der Waals surface area contributed by atoms with Gasteiger partial charge in [-0.3, -0.25) is 0 Å². The van der Waals surface area contributed by atoms with Crippen LogP contribution in [0, 0.1) is 0 Å². The molecule has 0 bridgehead atoms. The van der Waals surface area contributed by atoms with E-state index >= 15 is 0 Å². The summed E-state index contributed by atoms with van der Waals surface area (Å²) < 4.78 is 5.68. The maximum atomic E-state index is 9.84. The average molecular weight is 306 g/mol. The van der Waals surface area contributed by atoms with Crippen LogP contribution in [0.4, 0.5) is 0 Å². The van der Waals surface area contributed by atoms with Crippen LogP contribution in [0.2, 0.25) is 0 Å². The standard InChI is InChI=1S/C16H18O4S/c1-2-3-8-20-14-10-12(18)5-7-16(14)21-15-6-4-11(17)9-13(15)19/h4-7,9-10,17-19H,2-3,8H2,1H3. The largest absolute Gasteiger partial charge is 0.508 e. The summed E-state index contributed by atoms with van der Waals surface area (Å²) >= 11 is 1.32. The van der Waals surface area contributed by atoms with Gasteiger partial charge < -0.3 is 20.1 Å². The number of ether oxygens (including phenoxy) is 1. The van der Waals surface area contributed by atoms with E-state index in [-0.39, 0.29) is 17.2 Å². The van der Waals surface area contributed by atoms with Crippen molar-refractivity contribution in [3.8, 4) is 23.0 Å². The molecule has 0 atom stereocenters. The van der Waals surface area contributed by atoms with E-state index in [9.17, 15) is 15.3 Å². The number of aromatic hydroxyl groups is 3. The Labute approximate surface area is 128 Å². The van der Waals surface area contributed by atoms with Crippen LogP contribution in [0.25, 0.3) is 0 Å². The minimum absolute atomic E-state index is 0.00702. The summed E-state index contributed by atoms with van der Waals surface area (Å²) in [5.74, 6) is 0.747. The molecule has 0 unspecified atom stereocenters. The molecule has 112 valence electrons. The van der Waals surface area contributed by atoms with Crippen LogP contribution in [0.3, 0.4) is 0 Å². The first-order chi connectivity index (χ1) is 10.1. The highest BCUT2D eigenvalue weighted by atomic mass is 32.2. The Morgan fingerprint density at radius 3 is 2.29 bits per heavy atom. The van der Waals surface area contributed by atoms with E-state index in [1.807, 2.05) is 0 Å². The maximum Gasteiger partial charge on any atom is 0.136 e. The fourth-order valence-electron chi connectivity index (χ4n) is 1.73. The molecular weight excluding hydrogens is 288 g/mol. The van der Waals surface area contributed by atoms with Gasteiger partial charge in [0.15, 0.2) is 0 Å². The number of hydrogen-bond acceptors (Lipinski definition) is 5. The van der Waals surface area contributed by atoms with Crippen LogP contribution in [-0.4, -0.2) is 21.9 Å². The molecule has 3 N–H and O–H groups in total. The second kappa shape index (κ2) is 7.13. The minimum atomic E-state index is 0.00702. The topological polar surface area (TPSA) is 69.9 Å². The van der Waals surface area contributed by atoms with Crippen molar-refractivity contribution in [2.24, 2.45) is 0 Å². The highest BCUT2D eigenvalue weighted by molar-refractivity contribution is 7.99. The number of benzene rings is 2. The zero-order valence-corrected chi connectivity index (χ0v) is 12.6. The molecular formula is C16H18O4S. The van der Waals surface area contributed by atoms with Crippen LogP contribution in [-0.2, 0) is 0 Å². The molecule has 5 heteroatoms. The number of unbranched alkanes of at least 4 members (excludes halogenated alkanes) is 1. The predicted octanol–water partition coefficient (Wildman–Crippen LogP) is 4.13. The molecule has 0 fully saturated rings. The van der Waals surface area contributed by atoms with Crippen LogP contribution in [0.15, 0.2) is 46.2 Å². The summed E-state index contributed by atoms with van der Waals surface area (Å²) in [7, 11) is 0. The van der Waals surface area contributed by atoms with Gasteiger partial charge in [0.25, 0.3) is 0 Å². The van der Waals surface area contributed by atoms with Gasteiger partial charge in [0.1, 0.15) is 23.0 Å². The Morgan fingerprint density at radius 1 is 0.952 bits per heavy atom. The molecule has 2 aromatic carbocycles. The van der Waals surface area contributed by atoms with Crippen molar-refractivity contribution < 1.29 is 20.1 Å². The fourth-order valence-corrected chi connectivity index (χ4v) is 2.62. The van der Waals surface area contributed by atoms with Gasteiger partial charge in [-0.25, -0.2) is 0 Å². The molecule has 0 aliphatic heterocycles. The summed E-state index contributed by atoms with van der Waals surface area (Å²) in [6.07, 6.45) is 1.96. The Kier molecular flexibility index (Phi) is 5.22. The van der Waals surface area contributed by atoms with Crippen LogP contribution >= 0.6 is 11.8 Å². The second-order valence-electron chi connectivity index (χ2n) is 4.59. The first-order valence-electron chi connectivity index (χ1n) is 6.76. The normalized spacial score (nSPS) is 10.5. The SMILES string of the molecule is CCCCOc1cc(O)ccc1Sc1ccc(O)cc1O. The Balaban J connectivity index is 2.22. The molecule has 0 radical (unpaired) electrons. The van der Waals surface area contributed by atoms with Gasteiger partial charge in [-0.2, -0.15) is 0 Å². The van der Waals surface area contributed by atoms with Crippen molar-refractivity contribution in [1.82, 2.24) is 0 Å². The van der Waals surface area contributed by atoms with Crippen molar-refractivity contribution in [3.63, 3.8) is 0 Å². The van der Waals surface area contributed by atoms with E-state index in [4.69, 9.17) is 4.74 Å². The molecule has 2 rings (SSSR count). The Bertz CT molecular complexity index is 613. The van der Waals surface area contributed by atoms with E-state index in [1.165, 1.54) is 23.9 Å². The second-order valence-corrected chi connectivity index (χ2v) is 5.67. The smallest absolute Gasteiger partial charge is 0.136 e. The third-order valence-electron chi connectivity index (χ3n) is 2.85. The average Bonchev–Trinajstić information content (AvgIpc) is 2.44. The summed E-state index contributed by atoms with van der Waals surface area (Å²) in [6.45, 7) is 2.66. The minimum Gasteiger partial charge on any atom is -0.508 e. The molecule has 0 heterocycles. The number of rotatable bonds is 6. The van der Waals surface area contributed by atoms with E-state index in [0.29, 0.717) is 17.3 Å². The maximum absolute atomic E-state index is 9.84. The highest BCUT2D eigenvalue weighted by Crippen LogP contribution is 2.41. The lowest BCUT2D eigenvalue weighted by molar-refractivity contribution is 0.300. The third-order valence-corrected chi connectivity index (χ3v) is 3.97. The van der Waals surface area contributed by atoms with E-state index in [1.54, 1.807) is 24.3 Å². The third kappa shape index (κ3) is 4.23. The Morgan fingerprint density at radius 2 is 1.62 bits per heavy atom. The number of hydrogen-bond donors (Lipinski definition) is 3. The van der Waals surface area contributed by atoms with Crippen LogP contribution < -0.4 is 4.74 Å². The van der Waals surface area contributed by atoms with Gasteiger partial charge in [-0.15, -0.1) is 0 Å². The monoisotopic (exact) mass is 306 g/mol. The van der Waals surface area contributed by atoms with Gasteiger partial charge in [0, 0.05) is 12.1 Å². The molecule has 0 saturated carbocycles. The number of phenols is 3. The lowest BCUT2D eigenvalue weighted by Crippen LogP contribution is -1.97. The molecule has 2 aromatic rings. The predicted molar refractivity (Wildman–Crippen MR) is 82.4 cm³/mol. The van der Waals surface area contributed by atoms with E-state index in [2.05, 4.69) is 6.92 Å². The van der Waals surface area contributed by atoms with Crippen molar-refractivity contribution in [2.75, 3.05) is 6.61 Å². The van der Waals surface area contributed by atoms with Gasteiger partial charge in [0.2, 0.25) is 0 Å². The quantitative estimate of drug-likeness (QED) is 0.700.